The summed E-state index contributed by atoms with van der Waals surface area (Å²) < 4.78 is 16.6. The van der Waals surface area contributed by atoms with Crippen molar-refractivity contribution in [1.82, 2.24) is 5.32 Å². The van der Waals surface area contributed by atoms with Gasteiger partial charge in [-0.05, 0) is 77.6 Å². The van der Waals surface area contributed by atoms with Crippen molar-refractivity contribution >= 4 is 11.9 Å². The van der Waals surface area contributed by atoms with E-state index in [2.05, 4.69) is 42.6 Å². The molecular weight excluding hydrogens is 931 g/mol. The molecule has 7 unspecified atom stereocenters. The van der Waals surface area contributed by atoms with E-state index in [1.54, 1.807) is 6.08 Å². The Hall–Kier alpha value is -2.38. The Morgan fingerprint density at radius 2 is 0.932 bits per heavy atom. The van der Waals surface area contributed by atoms with Gasteiger partial charge in [0.15, 0.2) is 6.29 Å². The van der Waals surface area contributed by atoms with Crippen LogP contribution in [0.1, 0.15) is 277 Å². The van der Waals surface area contributed by atoms with Gasteiger partial charge in [-0.25, -0.2) is 0 Å². The van der Waals surface area contributed by atoms with E-state index in [1.165, 1.54) is 180 Å². The molecule has 0 aromatic rings. The Morgan fingerprint density at radius 3 is 1.42 bits per heavy atom. The van der Waals surface area contributed by atoms with E-state index in [0.29, 0.717) is 19.4 Å². The SMILES string of the molecule is C/C=C/CC/C=C/CC/C=C/C(O)C(COC1OC(CO)C(O)C(O)C1O)NC(=O)CCCCCCCCCCCC/C=C\CCCCCCCCCCCCCCOC(=O)CCCCCCCCCCCCC. The van der Waals surface area contributed by atoms with Crippen LogP contribution in [0.4, 0.5) is 0 Å². The second-order valence-corrected chi connectivity index (χ2v) is 21.4. The monoisotopic (exact) mass is 1050 g/mol. The zero-order valence-electron chi connectivity index (χ0n) is 47.6. The molecule has 0 aromatic carbocycles. The number of carbonyl (C=O) groups is 2. The number of unbranched alkanes of at least 4 members (excludes halogenated alkanes) is 34. The third kappa shape index (κ3) is 41.7. The van der Waals surface area contributed by atoms with Gasteiger partial charge in [-0.15, -0.1) is 0 Å². The highest BCUT2D eigenvalue weighted by Gasteiger charge is 2.44. The Labute approximate surface area is 453 Å². The van der Waals surface area contributed by atoms with Gasteiger partial charge in [0, 0.05) is 12.8 Å². The fourth-order valence-electron chi connectivity index (χ4n) is 9.59. The number of hydrogen-bond donors (Lipinski definition) is 6. The molecule has 1 aliphatic rings. The fourth-order valence-corrected chi connectivity index (χ4v) is 9.59. The van der Waals surface area contributed by atoms with Gasteiger partial charge in [0.05, 0.1) is 32.0 Å². The Bertz CT molecular complexity index is 1370. The Balaban J connectivity index is 1.99. The molecule has 7 atom stereocenters. The number of carbonyl (C=O) groups excluding carboxylic acids is 2. The first-order valence-corrected chi connectivity index (χ1v) is 30.9. The Morgan fingerprint density at radius 1 is 0.514 bits per heavy atom. The molecule has 1 amide bonds. The second-order valence-electron chi connectivity index (χ2n) is 21.4. The van der Waals surface area contributed by atoms with Gasteiger partial charge < -0.3 is 45.1 Å². The summed E-state index contributed by atoms with van der Waals surface area (Å²) in [5.74, 6) is -0.199. The van der Waals surface area contributed by atoms with Crippen LogP contribution >= 0.6 is 0 Å². The number of hydrogen-bond acceptors (Lipinski definition) is 10. The molecule has 432 valence electrons. The van der Waals surface area contributed by atoms with Crippen LogP contribution in [0.3, 0.4) is 0 Å². The number of aliphatic hydroxyl groups is 5. The summed E-state index contributed by atoms with van der Waals surface area (Å²) >= 11 is 0. The van der Waals surface area contributed by atoms with Crippen molar-refractivity contribution in [2.75, 3.05) is 19.8 Å². The molecule has 74 heavy (non-hydrogen) atoms. The molecule has 6 N–H and O–H groups in total. The maximum atomic E-state index is 13.0. The first-order chi connectivity index (χ1) is 36.2. The first-order valence-electron chi connectivity index (χ1n) is 30.9. The minimum atomic E-state index is -1.58. The van der Waals surface area contributed by atoms with E-state index in [-0.39, 0.29) is 18.5 Å². The van der Waals surface area contributed by atoms with Crippen LogP contribution in [0, 0.1) is 0 Å². The number of esters is 1. The van der Waals surface area contributed by atoms with Crippen molar-refractivity contribution in [2.24, 2.45) is 0 Å². The highest BCUT2D eigenvalue weighted by molar-refractivity contribution is 5.76. The minimum absolute atomic E-state index is 0.00286. The van der Waals surface area contributed by atoms with Gasteiger partial charge in [-0.1, -0.05) is 235 Å². The van der Waals surface area contributed by atoms with Crippen LogP contribution in [0.2, 0.25) is 0 Å². The van der Waals surface area contributed by atoms with Crippen molar-refractivity contribution in [3.8, 4) is 0 Å². The van der Waals surface area contributed by atoms with Gasteiger partial charge in [0.1, 0.15) is 24.4 Å². The molecule has 1 heterocycles. The van der Waals surface area contributed by atoms with Gasteiger partial charge >= 0.3 is 5.97 Å². The minimum Gasteiger partial charge on any atom is -0.466 e. The molecule has 0 radical (unpaired) electrons. The average Bonchev–Trinajstić information content (AvgIpc) is 3.40. The lowest BCUT2D eigenvalue weighted by Crippen LogP contribution is -2.60. The van der Waals surface area contributed by atoms with Crippen LogP contribution < -0.4 is 5.32 Å². The average molecular weight is 1050 g/mol. The standard InChI is InChI=1S/C63H115NO10/c1-3-5-7-9-11-13-30-35-39-43-47-51-59(68)72-52-48-44-40-36-32-29-27-25-23-21-19-17-15-14-16-18-20-22-24-26-28-31-34-38-42-46-50-58(67)64-55(56(66)49-45-41-37-33-12-10-8-6-4-2)54-73-63-62(71)61(70)60(69)57(53-65)74-63/h4,6,12,14,16,33,45,49,55-57,60-63,65-66,69-71H,3,5,7-11,13,15,17-32,34-44,46-48,50-54H2,1-2H3,(H,64,67)/b6-4+,16-14-,33-12+,49-45+. The zero-order chi connectivity index (χ0) is 53.8. The quantitative estimate of drug-likeness (QED) is 0.0195. The molecule has 11 nitrogen and oxygen atoms in total. The van der Waals surface area contributed by atoms with Crippen LogP contribution in [0.15, 0.2) is 48.6 Å². The van der Waals surface area contributed by atoms with Gasteiger partial charge in [-0.2, -0.15) is 0 Å². The van der Waals surface area contributed by atoms with Crippen molar-refractivity contribution in [3.63, 3.8) is 0 Å². The number of nitrogens with one attached hydrogen (secondary N) is 1. The summed E-state index contributed by atoms with van der Waals surface area (Å²) in [6.07, 6.45) is 56.8. The van der Waals surface area contributed by atoms with Gasteiger partial charge in [0.25, 0.3) is 0 Å². The fraction of sp³-hybridized carbons (Fsp3) is 0.841. The van der Waals surface area contributed by atoms with E-state index < -0.39 is 49.5 Å². The van der Waals surface area contributed by atoms with Crippen LogP contribution in [0.25, 0.3) is 0 Å². The van der Waals surface area contributed by atoms with Crippen molar-refractivity contribution < 1.29 is 49.3 Å². The third-order valence-corrected chi connectivity index (χ3v) is 14.5. The maximum Gasteiger partial charge on any atom is 0.305 e. The topological polar surface area (TPSA) is 175 Å². The predicted molar refractivity (Wildman–Crippen MR) is 306 cm³/mol. The number of allylic oxidation sites excluding steroid dienone is 7. The molecule has 1 fully saturated rings. The molecule has 0 bridgehead atoms. The summed E-state index contributed by atoms with van der Waals surface area (Å²) in [6, 6.07) is -0.835. The van der Waals surface area contributed by atoms with Crippen LogP contribution in [0.5, 0.6) is 0 Å². The lowest BCUT2D eigenvalue weighted by molar-refractivity contribution is -0.302. The predicted octanol–water partition coefficient (Wildman–Crippen LogP) is 14.5. The highest BCUT2D eigenvalue weighted by Crippen LogP contribution is 2.23. The van der Waals surface area contributed by atoms with Gasteiger partial charge in [-0.3, -0.25) is 9.59 Å². The summed E-state index contributed by atoms with van der Waals surface area (Å²) in [5.41, 5.74) is 0. The van der Waals surface area contributed by atoms with E-state index in [9.17, 15) is 35.1 Å². The summed E-state index contributed by atoms with van der Waals surface area (Å²) in [4.78, 5) is 25.0. The molecule has 0 aliphatic carbocycles. The van der Waals surface area contributed by atoms with Crippen molar-refractivity contribution in [3.05, 3.63) is 48.6 Å². The molecule has 1 aliphatic heterocycles. The van der Waals surface area contributed by atoms with Crippen LogP contribution in [-0.2, 0) is 23.8 Å². The summed E-state index contributed by atoms with van der Waals surface area (Å²) in [7, 11) is 0. The molecule has 1 saturated heterocycles. The largest absolute Gasteiger partial charge is 0.466 e. The number of aliphatic hydroxyl groups excluding tert-OH is 5. The first kappa shape index (κ1) is 69.6. The van der Waals surface area contributed by atoms with Crippen molar-refractivity contribution in [1.29, 1.82) is 0 Å². The zero-order valence-corrected chi connectivity index (χ0v) is 47.6. The summed E-state index contributed by atoms with van der Waals surface area (Å²) in [6.45, 7) is 4.09. The maximum absolute atomic E-state index is 13.0. The Kier molecular flexibility index (Phi) is 49.6. The van der Waals surface area contributed by atoms with Crippen LogP contribution in [-0.4, -0.2) is 100 Å². The molecule has 11 heteroatoms. The second kappa shape index (κ2) is 52.7. The normalized spacial score (nSPS) is 19.1. The smallest absolute Gasteiger partial charge is 0.305 e. The molecule has 1 rings (SSSR count). The van der Waals surface area contributed by atoms with E-state index >= 15 is 0 Å². The van der Waals surface area contributed by atoms with Gasteiger partial charge in [0.2, 0.25) is 5.91 Å². The lowest BCUT2D eigenvalue weighted by Gasteiger charge is -2.40. The molecule has 0 aromatic heterocycles. The highest BCUT2D eigenvalue weighted by atomic mass is 16.7. The number of rotatable bonds is 53. The molecular formula is C63H115NO10. The van der Waals surface area contributed by atoms with Crippen molar-refractivity contribution in [2.45, 2.75) is 320 Å². The summed E-state index contributed by atoms with van der Waals surface area (Å²) in [5, 5.41) is 54.1. The number of ether oxygens (including phenoxy) is 3. The molecule has 0 saturated carbocycles. The van der Waals surface area contributed by atoms with E-state index in [1.807, 2.05) is 19.1 Å². The molecule has 0 spiro atoms. The van der Waals surface area contributed by atoms with E-state index in [0.717, 1.165) is 70.6 Å². The third-order valence-electron chi connectivity index (χ3n) is 14.5. The lowest BCUT2D eigenvalue weighted by atomic mass is 9.99. The van der Waals surface area contributed by atoms with E-state index in [4.69, 9.17) is 14.2 Å². The number of amides is 1.